The summed E-state index contributed by atoms with van der Waals surface area (Å²) in [5.74, 6) is 1.76. The van der Waals surface area contributed by atoms with Crippen molar-refractivity contribution >= 4 is 22.4 Å². The number of carbonyl (C=O) groups is 1. The van der Waals surface area contributed by atoms with Gasteiger partial charge in [0.25, 0.3) is 0 Å². The molecular formula is C14H21N3OS. The minimum absolute atomic E-state index is 0.190. The van der Waals surface area contributed by atoms with Crippen molar-refractivity contribution in [3.8, 4) is 0 Å². The molecule has 19 heavy (non-hydrogen) atoms. The van der Waals surface area contributed by atoms with Gasteiger partial charge in [0.1, 0.15) is 0 Å². The van der Waals surface area contributed by atoms with Gasteiger partial charge in [-0.3, -0.25) is 4.79 Å². The molecule has 0 saturated heterocycles. The molecule has 0 aliphatic heterocycles. The van der Waals surface area contributed by atoms with E-state index < -0.39 is 0 Å². The van der Waals surface area contributed by atoms with E-state index in [4.69, 9.17) is 0 Å². The number of thiazole rings is 1. The highest BCUT2D eigenvalue weighted by Crippen LogP contribution is 2.55. The molecule has 1 amide bonds. The molecule has 5 heteroatoms. The number of fused-ring (bicyclic) bond motifs is 1. The van der Waals surface area contributed by atoms with Crippen LogP contribution in [0.25, 0.3) is 0 Å². The largest absolute Gasteiger partial charge is 0.312 e. The lowest BCUT2D eigenvalue weighted by Crippen LogP contribution is -2.16. The first-order chi connectivity index (χ1) is 9.20. The van der Waals surface area contributed by atoms with E-state index in [2.05, 4.69) is 22.5 Å². The van der Waals surface area contributed by atoms with E-state index in [-0.39, 0.29) is 17.9 Å². The lowest BCUT2D eigenvalue weighted by atomic mass is 10.0. The maximum atomic E-state index is 12.2. The summed E-state index contributed by atoms with van der Waals surface area (Å²) >= 11 is 1.52. The van der Waals surface area contributed by atoms with Crippen LogP contribution in [0.3, 0.4) is 0 Å². The van der Waals surface area contributed by atoms with Gasteiger partial charge >= 0.3 is 0 Å². The van der Waals surface area contributed by atoms with Crippen molar-refractivity contribution < 1.29 is 4.79 Å². The molecule has 0 bridgehead atoms. The quantitative estimate of drug-likeness (QED) is 0.891. The molecule has 0 aromatic carbocycles. The predicted octanol–water partition coefficient (Wildman–Crippen LogP) is 2.80. The fraction of sp³-hybridized carbons (Fsp3) is 0.714. The van der Waals surface area contributed by atoms with Crippen LogP contribution < -0.4 is 10.6 Å². The molecule has 1 heterocycles. The Morgan fingerprint density at radius 1 is 1.42 bits per heavy atom. The number of carbonyl (C=O) groups excluding carboxylic acids is 1. The normalized spacial score (nSPS) is 30.5. The zero-order valence-electron chi connectivity index (χ0n) is 11.5. The van der Waals surface area contributed by atoms with Gasteiger partial charge in [-0.2, -0.15) is 0 Å². The number of aromatic nitrogens is 1. The van der Waals surface area contributed by atoms with Crippen molar-refractivity contribution in [3.63, 3.8) is 0 Å². The number of nitrogens with zero attached hydrogens (tertiary/aromatic N) is 1. The minimum atomic E-state index is 0.190. The summed E-state index contributed by atoms with van der Waals surface area (Å²) in [5.41, 5.74) is 0.996. The van der Waals surface area contributed by atoms with Gasteiger partial charge < -0.3 is 10.6 Å². The first-order valence-corrected chi connectivity index (χ1v) is 8.02. The Balaban J connectivity index is 1.59. The highest BCUT2D eigenvalue weighted by molar-refractivity contribution is 7.13. The van der Waals surface area contributed by atoms with Crippen molar-refractivity contribution in [3.05, 3.63) is 11.1 Å². The average Bonchev–Trinajstić information content (AvgIpc) is 2.99. The van der Waals surface area contributed by atoms with Crippen molar-refractivity contribution in [1.82, 2.24) is 10.3 Å². The van der Waals surface area contributed by atoms with Gasteiger partial charge in [-0.15, -0.1) is 11.3 Å². The molecule has 3 rings (SSSR count). The van der Waals surface area contributed by atoms with Gasteiger partial charge in [0.05, 0.1) is 5.69 Å². The standard InChI is InChI=1S/C14H21N3OS/c1-8(15-2)11-7-19-14(16-11)17-13(18)12-9-5-3-4-6-10(9)12/h7-10,12,15H,3-6H2,1-2H3,(H,16,17,18). The van der Waals surface area contributed by atoms with Crippen molar-refractivity contribution in [2.45, 2.75) is 38.6 Å². The topological polar surface area (TPSA) is 54.0 Å². The van der Waals surface area contributed by atoms with Crippen LogP contribution in [0.15, 0.2) is 5.38 Å². The van der Waals surface area contributed by atoms with E-state index >= 15 is 0 Å². The summed E-state index contributed by atoms with van der Waals surface area (Å²) in [4.78, 5) is 16.7. The first-order valence-electron chi connectivity index (χ1n) is 7.14. The Hall–Kier alpha value is -0.940. The fourth-order valence-electron chi connectivity index (χ4n) is 3.26. The smallest absolute Gasteiger partial charge is 0.229 e. The number of rotatable bonds is 4. The number of amides is 1. The van der Waals surface area contributed by atoms with Gasteiger partial charge in [-0.25, -0.2) is 4.98 Å². The summed E-state index contributed by atoms with van der Waals surface area (Å²) in [5, 5.41) is 8.91. The van der Waals surface area contributed by atoms with Crippen LogP contribution in [0.2, 0.25) is 0 Å². The average molecular weight is 279 g/mol. The number of hydrogen-bond donors (Lipinski definition) is 2. The van der Waals surface area contributed by atoms with Crippen molar-refractivity contribution in [1.29, 1.82) is 0 Å². The van der Waals surface area contributed by atoms with Gasteiger partial charge in [0.2, 0.25) is 5.91 Å². The molecule has 1 aromatic rings. The summed E-state index contributed by atoms with van der Waals surface area (Å²) in [6.45, 7) is 2.07. The lowest BCUT2D eigenvalue weighted by molar-refractivity contribution is -0.117. The molecule has 1 aromatic heterocycles. The molecule has 2 N–H and O–H groups in total. The predicted molar refractivity (Wildman–Crippen MR) is 77.2 cm³/mol. The molecule has 2 aliphatic rings. The first kappa shape index (κ1) is 13.1. The zero-order chi connectivity index (χ0) is 13.4. The van der Waals surface area contributed by atoms with Crippen molar-refractivity contribution in [2.24, 2.45) is 17.8 Å². The van der Waals surface area contributed by atoms with Gasteiger partial charge in [0, 0.05) is 17.3 Å². The zero-order valence-corrected chi connectivity index (χ0v) is 12.3. The van der Waals surface area contributed by atoms with E-state index in [1.54, 1.807) is 0 Å². The molecule has 2 saturated carbocycles. The minimum Gasteiger partial charge on any atom is -0.312 e. The van der Waals surface area contributed by atoms with Crippen LogP contribution in [-0.2, 0) is 4.79 Å². The molecule has 104 valence electrons. The van der Waals surface area contributed by atoms with Gasteiger partial charge in [-0.1, -0.05) is 12.8 Å². The third-order valence-electron chi connectivity index (χ3n) is 4.59. The lowest BCUT2D eigenvalue weighted by Gasteiger charge is -2.05. The van der Waals surface area contributed by atoms with E-state index in [0.29, 0.717) is 11.8 Å². The number of anilines is 1. The molecule has 3 unspecified atom stereocenters. The SMILES string of the molecule is CNC(C)c1csc(NC(=O)C2C3CCCCC32)n1. The van der Waals surface area contributed by atoms with E-state index in [0.717, 1.165) is 10.8 Å². The summed E-state index contributed by atoms with van der Waals surface area (Å²) in [7, 11) is 1.91. The second-order valence-electron chi connectivity index (χ2n) is 5.72. The van der Waals surface area contributed by atoms with Gasteiger partial charge in [0.15, 0.2) is 5.13 Å². The number of nitrogens with one attached hydrogen (secondary N) is 2. The van der Waals surface area contributed by atoms with Gasteiger partial charge in [-0.05, 0) is 38.6 Å². The third-order valence-corrected chi connectivity index (χ3v) is 5.36. The van der Waals surface area contributed by atoms with Crippen LogP contribution in [0.5, 0.6) is 0 Å². The molecule has 4 nitrogen and oxygen atoms in total. The molecule has 0 radical (unpaired) electrons. The maximum absolute atomic E-state index is 12.2. The molecular weight excluding hydrogens is 258 g/mol. The highest BCUT2D eigenvalue weighted by Gasteiger charge is 2.54. The third kappa shape index (κ3) is 2.54. The van der Waals surface area contributed by atoms with E-state index in [1.807, 2.05) is 12.4 Å². The fourth-order valence-corrected chi connectivity index (χ4v) is 4.07. The maximum Gasteiger partial charge on any atom is 0.229 e. The van der Waals surface area contributed by atoms with Crippen LogP contribution >= 0.6 is 11.3 Å². The van der Waals surface area contributed by atoms with Crippen LogP contribution in [-0.4, -0.2) is 17.9 Å². The molecule has 3 atom stereocenters. The van der Waals surface area contributed by atoms with Crippen LogP contribution in [0.1, 0.15) is 44.3 Å². The monoisotopic (exact) mass is 279 g/mol. The Morgan fingerprint density at radius 3 is 2.74 bits per heavy atom. The van der Waals surface area contributed by atoms with E-state index in [9.17, 15) is 4.79 Å². The summed E-state index contributed by atoms with van der Waals surface area (Å²) in [6.07, 6.45) is 5.07. The second kappa shape index (κ2) is 5.21. The van der Waals surface area contributed by atoms with Crippen LogP contribution in [0.4, 0.5) is 5.13 Å². The number of hydrogen-bond acceptors (Lipinski definition) is 4. The van der Waals surface area contributed by atoms with Crippen molar-refractivity contribution in [2.75, 3.05) is 12.4 Å². The van der Waals surface area contributed by atoms with E-state index in [1.165, 1.54) is 37.0 Å². The highest BCUT2D eigenvalue weighted by atomic mass is 32.1. The Morgan fingerprint density at radius 2 is 2.11 bits per heavy atom. The molecule has 2 aliphatic carbocycles. The molecule has 0 spiro atoms. The Labute approximate surface area is 118 Å². The van der Waals surface area contributed by atoms with Crippen LogP contribution in [0, 0.1) is 17.8 Å². The summed E-state index contributed by atoms with van der Waals surface area (Å²) < 4.78 is 0. The second-order valence-corrected chi connectivity index (χ2v) is 6.57. The molecule has 2 fully saturated rings. The Bertz CT molecular complexity index is 461. The summed E-state index contributed by atoms with van der Waals surface area (Å²) in [6, 6.07) is 0.227. The Kier molecular flexibility index (Phi) is 3.58.